The SMILES string of the molecule is COC(=O)C1=C(C)N(CCC(C)C)C(=O)NC1c1ccccc1. The number of carbonyl (C=O) groups excluding carboxylic acids is 2. The van der Waals surface area contributed by atoms with E-state index in [1.54, 1.807) is 11.8 Å². The Labute approximate surface area is 137 Å². The molecule has 1 heterocycles. The second kappa shape index (κ2) is 7.31. The van der Waals surface area contributed by atoms with Crippen LogP contribution in [0.4, 0.5) is 4.79 Å². The maximum absolute atomic E-state index is 12.5. The third-order valence-corrected chi connectivity index (χ3v) is 4.06. The van der Waals surface area contributed by atoms with Crippen molar-refractivity contribution in [3.8, 4) is 0 Å². The first kappa shape index (κ1) is 17.1. The van der Waals surface area contributed by atoms with Gasteiger partial charge in [0.25, 0.3) is 0 Å². The number of nitrogens with one attached hydrogen (secondary N) is 1. The van der Waals surface area contributed by atoms with Crippen molar-refractivity contribution in [3.63, 3.8) is 0 Å². The Morgan fingerprint density at radius 1 is 1.30 bits per heavy atom. The Bertz CT molecular complexity index is 608. The van der Waals surface area contributed by atoms with Gasteiger partial charge in [-0.05, 0) is 24.8 Å². The van der Waals surface area contributed by atoms with E-state index in [0.717, 1.165) is 12.0 Å². The lowest BCUT2D eigenvalue weighted by atomic mass is 9.94. The predicted molar refractivity (Wildman–Crippen MR) is 88.6 cm³/mol. The number of hydrogen-bond donors (Lipinski definition) is 1. The van der Waals surface area contributed by atoms with Crippen LogP contribution >= 0.6 is 0 Å². The van der Waals surface area contributed by atoms with E-state index in [9.17, 15) is 9.59 Å². The standard InChI is InChI=1S/C18H24N2O3/c1-12(2)10-11-20-13(3)15(17(21)23-4)16(19-18(20)22)14-8-6-5-7-9-14/h5-9,12,16H,10-11H2,1-4H3,(H,19,22). The summed E-state index contributed by atoms with van der Waals surface area (Å²) in [7, 11) is 1.36. The van der Waals surface area contributed by atoms with Gasteiger partial charge in [0.15, 0.2) is 0 Å². The van der Waals surface area contributed by atoms with Gasteiger partial charge in [-0.3, -0.25) is 4.90 Å². The van der Waals surface area contributed by atoms with Gasteiger partial charge in [-0.25, -0.2) is 9.59 Å². The van der Waals surface area contributed by atoms with Gasteiger partial charge in [0.05, 0.1) is 18.7 Å². The van der Waals surface area contributed by atoms with E-state index >= 15 is 0 Å². The number of allylic oxidation sites excluding steroid dienone is 1. The second-order valence-electron chi connectivity index (χ2n) is 6.12. The fourth-order valence-electron chi connectivity index (χ4n) is 2.71. The maximum Gasteiger partial charge on any atom is 0.337 e. The van der Waals surface area contributed by atoms with Crippen molar-refractivity contribution < 1.29 is 14.3 Å². The summed E-state index contributed by atoms with van der Waals surface area (Å²) >= 11 is 0. The van der Waals surface area contributed by atoms with Crippen LogP contribution < -0.4 is 5.32 Å². The van der Waals surface area contributed by atoms with Crippen molar-refractivity contribution in [3.05, 3.63) is 47.2 Å². The van der Waals surface area contributed by atoms with E-state index in [0.29, 0.717) is 23.7 Å². The molecule has 0 aromatic heterocycles. The van der Waals surface area contributed by atoms with Crippen LogP contribution in [0.3, 0.4) is 0 Å². The van der Waals surface area contributed by atoms with Crippen LogP contribution in [0.5, 0.6) is 0 Å². The zero-order chi connectivity index (χ0) is 17.0. The summed E-state index contributed by atoms with van der Waals surface area (Å²) in [5, 5.41) is 2.93. The molecule has 1 aliphatic heterocycles. The minimum Gasteiger partial charge on any atom is -0.466 e. The fourth-order valence-corrected chi connectivity index (χ4v) is 2.71. The van der Waals surface area contributed by atoms with Gasteiger partial charge in [-0.1, -0.05) is 44.2 Å². The number of urea groups is 1. The van der Waals surface area contributed by atoms with Gasteiger partial charge < -0.3 is 10.1 Å². The highest BCUT2D eigenvalue weighted by Gasteiger charge is 2.35. The number of hydrogen-bond acceptors (Lipinski definition) is 3. The number of amides is 2. The van der Waals surface area contributed by atoms with Crippen molar-refractivity contribution in [1.82, 2.24) is 10.2 Å². The molecule has 1 aliphatic rings. The van der Waals surface area contributed by atoms with Gasteiger partial charge in [-0.15, -0.1) is 0 Å². The molecule has 23 heavy (non-hydrogen) atoms. The molecular formula is C18H24N2O3. The van der Waals surface area contributed by atoms with Crippen LogP contribution in [0.1, 0.15) is 38.8 Å². The Kier molecular flexibility index (Phi) is 5.42. The summed E-state index contributed by atoms with van der Waals surface area (Å²) in [6, 6.07) is 8.80. The summed E-state index contributed by atoms with van der Waals surface area (Å²) in [4.78, 5) is 26.4. The monoisotopic (exact) mass is 316 g/mol. The molecule has 1 unspecified atom stereocenters. The molecule has 0 spiro atoms. The molecule has 1 atom stereocenters. The summed E-state index contributed by atoms with van der Waals surface area (Å²) in [6.07, 6.45) is 0.870. The van der Waals surface area contributed by atoms with Gasteiger partial charge in [0, 0.05) is 12.2 Å². The molecule has 5 heteroatoms. The number of benzene rings is 1. The summed E-state index contributed by atoms with van der Waals surface area (Å²) in [5.41, 5.74) is 2.02. The first-order valence-electron chi connectivity index (χ1n) is 7.87. The fraction of sp³-hybridized carbons (Fsp3) is 0.444. The van der Waals surface area contributed by atoms with Crippen molar-refractivity contribution in [2.45, 2.75) is 33.2 Å². The largest absolute Gasteiger partial charge is 0.466 e. The Morgan fingerprint density at radius 3 is 2.52 bits per heavy atom. The van der Waals surface area contributed by atoms with Gasteiger partial charge in [-0.2, -0.15) is 0 Å². The third kappa shape index (κ3) is 3.73. The quantitative estimate of drug-likeness (QED) is 0.848. The summed E-state index contributed by atoms with van der Waals surface area (Å²) in [6.45, 7) is 6.60. The molecule has 1 N–H and O–H groups in total. The van der Waals surface area contributed by atoms with Crippen molar-refractivity contribution in [1.29, 1.82) is 0 Å². The highest BCUT2D eigenvalue weighted by molar-refractivity contribution is 5.94. The van der Waals surface area contributed by atoms with Gasteiger partial charge in [0.1, 0.15) is 0 Å². The molecule has 0 aliphatic carbocycles. The van der Waals surface area contributed by atoms with E-state index in [-0.39, 0.29) is 6.03 Å². The average molecular weight is 316 g/mol. The Hall–Kier alpha value is -2.30. The van der Waals surface area contributed by atoms with Crippen LogP contribution in [0.15, 0.2) is 41.6 Å². The van der Waals surface area contributed by atoms with Gasteiger partial charge in [0.2, 0.25) is 0 Å². The van der Waals surface area contributed by atoms with Crippen molar-refractivity contribution >= 4 is 12.0 Å². The minimum absolute atomic E-state index is 0.176. The van der Waals surface area contributed by atoms with Crippen LogP contribution in [-0.4, -0.2) is 30.6 Å². The van der Waals surface area contributed by atoms with Gasteiger partial charge >= 0.3 is 12.0 Å². The summed E-state index contributed by atoms with van der Waals surface area (Å²) < 4.78 is 4.95. The highest BCUT2D eigenvalue weighted by atomic mass is 16.5. The molecule has 1 aromatic carbocycles. The zero-order valence-electron chi connectivity index (χ0n) is 14.1. The average Bonchev–Trinajstić information content (AvgIpc) is 2.54. The molecule has 124 valence electrons. The van der Waals surface area contributed by atoms with Crippen LogP contribution in [-0.2, 0) is 9.53 Å². The molecule has 0 saturated heterocycles. The number of esters is 1. The Balaban J connectivity index is 2.42. The van der Waals surface area contributed by atoms with E-state index < -0.39 is 12.0 Å². The van der Waals surface area contributed by atoms with E-state index in [1.807, 2.05) is 30.3 Å². The van der Waals surface area contributed by atoms with E-state index in [4.69, 9.17) is 4.74 Å². The van der Waals surface area contributed by atoms with Crippen molar-refractivity contribution in [2.75, 3.05) is 13.7 Å². The molecule has 0 saturated carbocycles. The number of carbonyl (C=O) groups is 2. The van der Waals surface area contributed by atoms with E-state index in [1.165, 1.54) is 7.11 Å². The van der Waals surface area contributed by atoms with Crippen LogP contribution in [0.25, 0.3) is 0 Å². The maximum atomic E-state index is 12.5. The smallest absolute Gasteiger partial charge is 0.337 e. The molecule has 0 fully saturated rings. The first-order valence-corrected chi connectivity index (χ1v) is 7.87. The normalized spacial score (nSPS) is 18.2. The lowest BCUT2D eigenvalue weighted by molar-refractivity contribution is -0.136. The predicted octanol–water partition coefficient (Wildman–Crippen LogP) is 3.25. The van der Waals surface area contributed by atoms with Crippen LogP contribution in [0.2, 0.25) is 0 Å². The molecule has 2 amide bonds. The number of nitrogens with zero attached hydrogens (tertiary/aromatic N) is 1. The molecule has 0 bridgehead atoms. The number of ether oxygens (including phenoxy) is 1. The summed E-state index contributed by atoms with van der Waals surface area (Å²) in [5.74, 6) is 0.0647. The molecule has 1 aromatic rings. The zero-order valence-corrected chi connectivity index (χ0v) is 14.1. The lowest BCUT2D eigenvalue weighted by Gasteiger charge is -2.35. The highest BCUT2D eigenvalue weighted by Crippen LogP contribution is 2.31. The van der Waals surface area contributed by atoms with Crippen molar-refractivity contribution in [2.24, 2.45) is 5.92 Å². The number of methoxy groups -OCH3 is 1. The van der Waals surface area contributed by atoms with E-state index in [2.05, 4.69) is 19.2 Å². The molecule has 2 rings (SSSR count). The number of rotatable bonds is 5. The Morgan fingerprint density at radius 2 is 1.96 bits per heavy atom. The lowest BCUT2D eigenvalue weighted by Crippen LogP contribution is -2.48. The third-order valence-electron chi connectivity index (χ3n) is 4.06. The topological polar surface area (TPSA) is 58.6 Å². The molecule has 5 nitrogen and oxygen atoms in total. The second-order valence-corrected chi connectivity index (χ2v) is 6.12. The molecular weight excluding hydrogens is 292 g/mol. The minimum atomic E-state index is -0.480. The van der Waals surface area contributed by atoms with Crippen LogP contribution in [0, 0.1) is 5.92 Å². The molecule has 0 radical (unpaired) electrons. The first-order chi connectivity index (χ1) is 11.0.